The van der Waals surface area contributed by atoms with Gasteiger partial charge in [-0.1, -0.05) is 13.0 Å². The average molecular weight is 465 g/mol. The number of fused-ring (bicyclic) bond motifs is 5. The van der Waals surface area contributed by atoms with Crippen LogP contribution in [0, 0.1) is 17.3 Å². The summed E-state index contributed by atoms with van der Waals surface area (Å²) >= 11 is 0. The van der Waals surface area contributed by atoms with E-state index in [-0.39, 0.29) is 23.0 Å². The van der Waals surface area contributed by atoms with Crippen LogP contribution in [0.5, 0.6) is 11.5 Å². The van der Waals surface area contributed by atoms with Gasteiger partial charge in [-0.05, 0) is 73.3 Å². The minimum absolute atomic E-state index is 0.0286. The third-order valence-corrected chi connectivity index (χ3v) is 8.85. The van der Waals surface area contributed by atoms with E-state index in [0.29, 0.717) is 24.2 Å². The van der Waals surface area contributed by atoms with Gasteiger partial charge in [0.1, 0.15) is 18.3 Å². The molecular formula is C24H32O9. The summed E-state index contributed by atoms with van der Waals surface area (Å²) in [5.41, 5.74) is 1.81. The van der Waals surface area contributed by atoms with Crippen molar-refractivity contribution in [2.75, 3.05) is 0 Å². The number of carboxylic acids is 1. The summed E-state index contributed by atoms with van der Waals surface area (Å²) in [6.07, 6.45) is -3.57. The maximum atomic E-state index is 11.3. The molecule has 1 aliphatic heterocycles. The lowest BCUT2D eigenvalue weighted by Gasteiger charge is -2.50. The SMILES string of the molecule is CC12CCC3c4ccc(O[C@@H]5OC(C(=O)O)[C@@H](O)[C@@H](O)C5O)c(O)c4CCC3C1CCC2O. The first-order valence-corrected chi connectivity index (χ1v) is 11.8. The predicted molar refractivity (Wildman–Crippen MR) is 114 cm³/mol. The molecule has 10 atom stereocenters. The molecule has 5 rings (SSSR count). The van der Waals surface area contributed by atoms with E-state index >= 15 is 0 Å². The zero-order chi connectivity index (χ0) is 23.7. The third kappa shape index (κ3) is 3.44. The molecule has 1 saturated heterocycles. The largest absolute Gasteiger partial charge is 0.504 e. The second-order valence-corrected chi connectivity index (χ2v) is 10.4. The topological polar surface area (TPSA) is 157 Å². The highest BCUT2D eigenvalue weighted by atomic mass is 16.7. The van der Waals surface area contributed by atoms with Crippen LogP contribution in [-0.4, -0.2) is 73.4 Å². The Labute approximate surface area is 191 Å². The highest BCUT2D eigenvalue weighted by Gasteiger charge is 2.55. The Balaban J connectivity index is 1.39. The fourth-order valence-electron chi connectivity index (χ4n) is 6.97. The van der Waals surface area contributed by atoms with E-state index in [4.69, 9.17) is 9.47 Å². The minimum atomic E-state index is -1.81. The summed E-state index contributed by atoms with van der Waals surface area (Å²) in [7, 11) is 0. The van der Waals surface area contributed by atoms with Gasteiger partial charge in [-0.15, -0.1) is 0 Å². The van der Waals surface area contributed by atoms with Crippen LogP contribution in [0.3, 0.4) is 0 Å². The summed E-state index contributed by atoms with van der Waals surface area (Å²) in [4.78, 5) is 11.3. The molecule has 0 bridgehead atoms. The maximum Gasteiger partial charge on any atom is 0.335 e. The summed E-state index contributed by atoms with van der Waals surface area (Å²) in [6.45, 7) is 2.21. The van der Waals surface area contributed by atoms with Crippen LogP contribution in [0.2, 0.25) is 0 Å². The molecule has 7 unspecified atom stereocenters. The summed E-state index contributed by atoms with van der Waals surface area (Å²) < 4.78 is 10.8. The fraction of sp³-hybridized carbons (Fsp3) is 0.708. The predicted octanol–water partition coefficient (Wildman–Crippen LogP) is 0.880. The van der Waals surface area contributed by atoms with Crippen molar-refractivity contribution in [1.29, 1.82) is 0 Å². The molecule has 1 aromatic rings. The van der Waals surface area contributed by atoms with Crippen molar-refractivity contribution < 1.29 is 44.9 Å². The molecule has 182 valence electrons. The minimum Gasteiger partial charge on any atom is -0.504 e. The average Bonchev–Trinajstić information content (AvgIpc) is 3.09. The van der Waals surface area contributed by atoms with E-state index in [1.54, 1.807) is 6.07 Å². The number of aliphatic hydroxyl groups is 4. The van der Waals surface area contributed by atoms with E-state index in [1.807, 2.05) is 6.07 Å². The van der Waals surface area contributed by atoms with Gasteiger partial charge in [0, 0.05) is 5.56 Å². The van der Waals surface area contributed by atoms with E-state index in [0.717, 1.165) is 43.2 Å². The van der Waals surface area contributed by atoms with Crippen molar-refractivity contribution >= 4 is 5.97 Å². The molecular weight excluding hydrogens is 432 g/mol. The molecule has 1 aromatic carbocycles. The molecule has 9 nitrogen and oxygen atoms in total. The van der Waals surface area contributed by atoms with Crippen LogP contribution < -0.4 is 4.74 Å². The number of hydrogen-bond acceptors (Lipinski definition) is 8. The van der Waals surface area contributed by atoms with Gasteiger partial charge in [0.25, 0.3) is 0 Å². The van der Waals surface area contributed by atoms with Gasteiger partial charge in [-0.25, -0.2) is 4.79 Å². The molecule has 0 aromatic heterocycles. The van der Waals surface area contributed by atoms with Gasteiger partial charge >= 0.3 is 5.97 Å². The zero-order valence-corrected chi connectivity index (χ0v) is 18.5. The van der Waals surface area contributed by atoms with Crippen LogP contribution in [0.1, 0.15) is 56.1 Å². The van der Waals surface area contributed by atoms with Gasteiger partial charge in [0.05, 0.1) is 6.10 Å². The molecule has 2 saturated carbocycles. The van der Waals surface area contributed by atoms with Crippen molar-refractivity contribution in [1.82, 2.24) is 0 Å². The van der Waals surface area contributed by atoms with E-state index in [2.05, 4.69) is 6.92 Å². The number of aliphatic carboxylic acids is 1. The number of rotatable bonds is 3. The standard InChI is InChI=1S/C24H32O9/c1-24-9-8-11-10-4-6-15(32-23-20(29)18(27)19(28)21(33-23)22(30)31)17(26)13(10)3-2-12(11)14(24)5-7-16(24)25/h4,6,11-12,14,16,18-21,23,25-29H,2-3,5,7-9H2,1H3,(H,30,31)/t11?,12?,14?,16?,18-,19+,20?,21?,23-,24?/m1/s1. The van der Waals surface area contributed by atoms with Crippen LogP contribution in [0.15, 0.2) is 12.1 Å². The molecule has 33 heavy (non-hydrogen) atoms. The number of carboxylic acid groups (broad SMARTS) is 1. The van der Waals surface area contributed by atoms with E-state index in [9.17, 15) is 35.4 Å². The van der Waals surface area contributed by atoms with Gasteiger partial charge in [0.15, 0.2) is 17.6 Å². The summed E-state index contributed by atoms with van der Waals surface area (Å²) in [5.74, 6) is -0.332. The van der Waals surface area contributed by atoms with Crippen LogP contribution in [-0.2, 0) is 16.0 Å². The first-order chi connectivity index (χ1) is 15.6. The van der Waals surface area contributed by atoms with Crippen LogP contribution >= 0.6 is 0 Å². The first-order valence-electron chi connectivity index (χ1n) is 11.8. The zero-order valence-electron chi connectivity index (χ0n) is 18.5. The van der Waals surface area contributed by atoms with Gasteiger partial charge in [-0.3, -0.25) is 0 Å². The number of aromatic hydroxyl groups is 1. The third-order valence-electron chi connectivity index (χ3n) is 8.85. The quantitative estimate of drug-likeness (QED) is 0.382. The Morgan fingerprint density at radius 2 is 1.82 bits per heavy atom. The number of benzene rings is 1. The number of phenolic OH excluding ortho intramolecular Hbond substituents is 1. The second-order valence-electron chi connectivity index (χ2n) is 10.4. The van der Waals surface area contributed by atoms with E-state index < -0.39 is 36.7 Å². The van der Waals surface area contributed by atoms with Crippen molar-refractivity contribution in [3.8, 4) is 11.5 Å². The maximum absolute atomic E-state index is 11.3. The Bertz CT molecular complexity index is 935. The molecule has 6 N–H and O–H groups in total. The number of carbonyl (C=O) groups is 1. The molecule has 4 aliphatic rings. The summed E-state index contributed by atoms with van der Waals surface area (Å²) in [6, 6.07) is 3.49. The molecule has 3 fully saturated rings. The molecule has 0 radical (unpaired) electrons. The molecule has 0 spiro atoms. The normalized spacial score (nSPS) is 44.5. The lowest BCUT2D eigenvalue weighted by molar-refractivity contribution is -0.271. The Morgan fingerprint density at radius 3 is 2.55 bits per heavy atom. The smallest absolute Gasteiger partial charge is 0.335 e. The number of hydrogen-bond donors (Lipinski definition) is 6. The van der Waals surface area contributed by atoms with E-state index in [1.165, 1.54) is 0 Å². The molecule has 1 heterocycles. The number of aliphatic hydroxyl groups excluding tert-OH is 4. The number of ether oxygens (including phenoxy) is 2. The monoisotopic (exact) mass is 464 g/mol. The van der Waals surface area contributed by atoms with Gasteiger partial charge < -0.3 is 40.1 Å². The van der Waals surface area contributed by atoms with Gasteiger partial charge in [0.2, 0.25) is 6.29 Å². The van der Waals surface area contributed by atoms with Crippen LogP contribution in [0.4, 0.5) is 0 Å². The fourth-order valence-corrected chi connectivity index (χ4v) is 6.97. The second kappa shape index (κ2) is 8.09. The van der Waals surface area contributed by atoms with Crippen molar-refractivity contribution in [2.24, 2.45) is 17.3 Å². The highest BCUT2D eigenvalue weighted by molar-refractivity contribution is 5.73. The Hall–Kier alpha value is -1.91. The number of phenols is 1. The lowest BCUT2D eigenvalue weighted by atomic mass is 9.55. The van der Waals surface area contributed by atoms with Crippen molar-refractivity contribution in [2.45, 2.75) is 88.2 Å². The summed E-state index contributed by atoms with van der Waals surface area (Å²) in [5, 5.41) is 60.9. The molecule has 0 amide bonds. The Kier molecular flexibility index (Phi) is 5.61. The van der Waals surface area contributed by atoms with Crippen LogP contribution in [0.25, 0.3) is 0 Å². The molecule has 9 heteroatoms. The first kappa shape index (κ1) is 22.9. The van der Waals surface area contributed by atoms with Gasteiger partial charge in [-0.2, -0.15) is 0 Å². The highest BCUT2D eigenvalue weighted by Crippen LogP contribution is 2.61. The molecule has 3 aliphatic carbocycles. The Morgan fingerprint density at radius 1 is 1.06 bits per heavy atom. The lowest BCUT2D eigenvalue weighted by Crippen LogP contribution is -2.61. The van der Waals surface area contributed by atoms with Crippen molar-refractivity contribution in [3.05, 3.63) is 23.3 Å². The van der Waals surface area contributed by atoms with Crippen molar-refractivity contribution in [3.63, 3.8) is 0 Å².